The predicted octanol–water partition coefficient (Wildman–Crippen LogP) is 3.21. The Morgan fingerprint density at radius 2 is 1.58 bits per heavy atom. The predicted molar refractivity (Wildman–Crippen MR) is 99.1 cm³/mol. The third-order valence-corrected chi connectivity index (χ3v) is 5.56. The topological polar surface area (TPSA) is 32.8 Å². The number of benzene rings is 2. The van der Waals surface area contributed by atoms with Gasteiger partial charge in [0.25, 0.3) is 0 Å². The van der Waals surface area contributed by atoms with Crippen LogP contribution in [0.2, 0.25) is 0 Å². The van der Waals surface area contributed by atoms with E-state index < -0.39 is 0 Å². The summed E-state index contributed by atoms with van der Waals surface area (Å²) in [6.07, 6.45) is 1.83. The number of nitrogens with zero attached hydrogens (tertiary/aromatic N) is 2. The van der Waals surface area contributed by atoms with Crippen molar-refractivity contribution in [1.29, 1.82) is 0 Å². The Balaban J connectivity index is 1.42. The third kappa shape index (κ3) is 3.02. The summed E-state index contributed by atoms with van der Waals surface area (Å²) < 4.78 is 18.3. The zero-order chi connectivity index (χ0) is 18.1. The summed E-state index contributed by atoms with van der Waals surface area (Å²) in [6, 6.07) is 14.4. The van der Waals surface area contributed by atoms with Gasteiger partial charge in [0, 0.05) is 31.9 Å². The summed E-state index contributed by atoms with van der Waals surface area (Å²) in [6.45, 7) is 2.95. The molecule has 0 aromatic heterocycles. The second-order valence-electron chi connectivity index (χ2n) is 7.07. The van der Waals surface area contributed by atoms with Gasteiger partial charge in [-0.15, -0.1) is 0 Å². The molecule has 26 heavy (non-hydrogen) atoms. The van der Waals surface area contributed by atoms with Crippen molar-refractivity contribution in [1.82, 2.24) is 4.90 Å². The van der Waals surface area contributed by atoms with E-state index in [1.165, 1.54) is 12.1 Å². The van der Waals surface area contributed by atoms with Crippen LogP contribution in [0.25, 0.3) is 0 Å². The van der Waals surface area contributed by atoms with Crippen LogP contribution in [0, 0.1) is 5.82 Å². The third-order valence-electron chi connectivity index (χ3n) is 5.56. The average Bonchev–Trinajstić information content (AvgIpc) is 3.50. The van der Waals surface area contributed by atoms with E-state index in [9.17, 15) is 9.18 Å². The molecule has 0 radical (unpaired) electrons. The van der Waals surface area contributed by atoms with Gasteiger partial charge in [0.15, 0.2) is 0 Å². The van der Waals surface area contributed by atoms with E-state index in [0.29, 0.717) is 13.1 Å². The van der Waals surface area contributed by atoms with Gasteiger partial charge in [-0.2, -0.15) is 0 Å². The molecule has 0 unspecified atom stereocenters. The van der Waals surface area contributed by atoms with Crippen LogP contribution in [0.4, 0.5) is 10.1 Å². The second kappa shape index (κ2) is 6.63. The highest BCUT2D eigenvalue weighted by Gasteiger charge is 2.53. The van der Waals surface area contributed by atoms with Crippen LogP contribution >= 0.6 is 0 Å². The van der Waals surface area contributed by atoms with Gasteiger partial charge in [0.1, 0.15) is 11.6 Å². The first-order valence-corrected chi connectivity index (χ1v) is 9.07. The van der Waals surface area contributed by atoms with Crippen molar-refractivity contribution in [2.45, 2.75) is 18.3 Å². The first kappa shape index (κ1) is 16.9. The quantitative estimate of drug-likeness (QED) is 0.845. The number of anilines is 1. The lowest BCUT2D eigenvalue weighted by Crippen LogP contribution is -2.51. The van der Waals surface area contributed by atoms with E-state index in [0.717, 1.165) is 42.9 Å². The Labute approximate surface area is 153 Å². The fourth-order valence-electron chi connectivity index (χ4n) is 3.78. The monoisotopic (exact) mass is 354 g/mol. The summed E-state index contributed by atoms with van der Waals surface area (Å²) in [5.41, 5.74) is 1.75. The number of halogens is 1. The van der Waals surface area contributed by atoms with E-state index >= 15 is 0 Å². The molecule has 1 amide bonds. The number of hydrogen-bond donors (Lipinski definition) is 0. The van der Waals surface area contributed by atoms with E-state index in [1.807, 2.05) is 29.2 Å². The fraction of sp³-hybridized carbons (Fsp3) is 0.381. The number of methoxy groups -OCH3 is 1. The Morgan fingerprint density at radius 1 is 0.962 bits per heavy atom. The average molecular weight is 354 g/mol. The van der Waals surface area contributed by atoms with Gasteiger partial charge in [-0.3, -0.25) is 4.79 Å². The largest absolute Gasteiger partial charge is 0.497 e. The molecular formula is C21H23FN2O2. The number of carbonyl (C=O) groups is 1. The van der Waals surface area contributed by atoms with Crippen molar-refractivity contribution < 1.29 is 13.9 Å². The fourth-order valence-corrected chi connectivity index (χ4v) is 3.78. The molecule has 2 aromatic rings. The Bertz CT molecular complexity index is 777. The molecule has 2 aliphatic rings. The van der Waals surface area contributed by atoms with Crippen molar-refractivity contribution in [3.63, 3.8) is 0 Å². The van der Waals surface area contributed by atoms with Gasteiger partial charge in [0.2, 0.25) is 5.91 Å². The molecule has 0 spiro atoms. The number of hydrogen-bond acceptors (Lipinski definition) is 3. The zero-order valence-corrected chi connectivity index (χ0v) is 15.0. The maximum absolute atomic E-state index is 13.2. The smallest absolute Gasteiger partial charge is 0.233 e. The molecule has 0 bridgehead atoms. The van der Waals surface area contributed by atoms with Gasteiger partial charge in [-0.05, 0) is 54.8 Å². The summed E-state index contributed by atoms with van der Waals surface area (Å²) in [7, 11) is 1.65. The molecule has 0 N–H and O–H groups in total. The minimum Gasteiger partial charge on any atom is -0.497 e. The van der Waals surface area contributed by atoms with Crippen molar-refractivity contribution in [2.75, 3.05) is 38.2 Å². The van der Waals surface area contributed by atoms with Crippen LogP contribution in [0.3, 0.4) is 0 Å². The molecular weight excluding hydrogens is 331 g/mol. The molecule has 2 fully saturated rings. The zero-order valence-electron chi connectivity index (χ0n) is 15.0. The Morgan fingerprint density at radius 3 is 2.12 bits per heavy atom. The lowest BCUT2D eigenvalue weighted by atomic mass is 9.94. The van der Waals surface area contributed by atoms with Gasteiger partial charge < -0.3 is 14.5 Å². The molecule has 136 valence electrons. The summed E-state index contributed by atoms with van der Waals surface area (Å²) in [4.78, 5) is 17.3. The summed E-state index contributed by atoms with van der Waals surface area (Å²) in [5, 5.41) is 0. The van der Waals surface area contributed by atoms with Crippen LogP contribution in [-0.4, -0.2) is 44.1 Å². The van der Waals surface area contributed by atoms with Crippen molar-refractivity contribution >= 4 is 11.6 Å². The number of rotatable bonds is 4. The highest BCUT2D eigenvalue weighted by atomic mass is 19.1. The molecule has 0 atom stereocenters. The van der Waals surface area contributed by atoms with E-state index in [-0.39, 0.29) is 17.1 Å². The van der Waals surface area contributed by atoms with Crippen molar-refractivity contribution in [2.24, 2.45) is 0 Å². The highest BCUT2D eigenvalue weighted by molar-refractivity contribution is 5.91. The Kier molecular flexibility index (Phi) is 4.31. The molecule has 4 rings (SSSR count). The second-order valence-corrected chi connectivity index (χ2v) is 7.07. The maximum Gasteiger partial charge on any atom is 0.233 e. The molecule has 5 heteroatoms. The van der Waals surface area contributed by atoms with E-state index in [2.05, 4.69) is 4.90 Å². The minimum absolute atomic E-state index is 0.224. The molecule has 1 aliphatic heterocycles. The van der Waals surface area contributed by atoms with Crippen LogP contribution in [0.5, 0.6) is 5.75 Å². The molecule has 4 nitrogen and oxygen atoms in total. The minimum atomic E-state index is -0.343. The first-order valence-electron chi connectivity index (χ1n) is 9.07. The number of piperazine rings is 1. The Hall–Kier alpha value is -2.56. The molecule has 1 aliphatic carbocycles. The lowest BCUT2D eigenvalue weighted by molar-refractivity contribution is -0.134. The van der Waals surface area contributed by atoms with Crippen LogP contribution < -0.4 is 9.64 Å². The molecule has 1 heterocycles. The summed E-state index contributed by atoms with van der Waals surface area (Å²) >= 11 is 0. The number of carbonyl (C=O) groups excluding carboxylic acids is 1. The highest BCUT2D eigenvalue weighted by Crippen LogP contribution is 2.50. The van der Waals surface area contributed by atoms with Crippen LogP contribution in [0.15, 0.2) is 48.5 Å². The van der Waals surface area contributed by atoms with Crippen LogP contribution in [0.1, 0.15) is 18.4 Å². The number of ether oxygens (including phenoxy) is 1. The molecule has 1 saturated carbocycles. The lowest BCUT2D eigenvalue weighted by Gasteiger charge is -2.38. The standard InChI is InChI=1S/C21H23FN2O2/c1-26-19-8-2-16(3-9-19)21(10-11-21)20(25)24-14-12-23(13-15-24)18-6-4-17(22)5-7-18/h2-9H,10-15H2,1H3. The number of amides is 1. The molecule has 1 saturated heterocycles. The van der Waals surface area contributed by atoms with Gasteiger partial charge >= 0.3 is 0 Å². The maximum atomic E-state index is 13.2. The van der Waals surface area contributed by atoms with Gasteiger partial charge in [-0.1, -0.05) is 12.1 Å². The normalized spacial score (nSPS) is 18.5. The van der Waals surface area contributed by atoms with E-state index in [1.54, 1.807) is 19.2 Å². The SMILES string of the molecule is COc1ccc(C2(C(=O)N3CCN(c4ccc(F)cc4)CC3)CC2)cc1. The van der Waals surface area contributed by atoms with E-state index in [4.69, 9.17) is 4.74 Å². The molecule has 2 aromatic carbocycles. The van der Waals surface area contributed by atoms with Gasteiger partial charge in [0.05, 0.1) is 12.5 Å². The van der Waals surface area contributed by atoms with Gasteiger partial charge in [-0.25, -0.2) is 4.39 Å². The first-order chi connectivity index (χ1) is 12.6. The van der Waals surface area contributed by atoms with Crippen molar-refractivity contribution in [3.8, 4) is 5.75 Å². The van der Waals surface area contributed by atoms with Crippen LogP contribution in [-0.2, 0) is 10.2 Å². The van der Waals surface area contributed by atoms with Crippen molar-refractivity contribution in [3.05, 3.63) is 59.9 Å². The summed E-state index contributed by atoms with van der Waals surface area (Å²) in [5.74, 6) is 0.823.